The van der Waals surface area contributed by atoms with Crippen LogP contribution < -0.4 is 0 Å². The molecule has 0 saturated carbocycles. The van der Waals surface area contributed by atoms with Crippen molar-refractivity contribution in [2.75, 3.05) is 6.61 Å². The lowest BCUT2D eigenvalue weighted by Gasteiger charge is -2.54. The van der Waals surface area contributed by atoms with Crippen molar-refractivity contribution in [3.8, 4) is 11.3 Å². The summed E-state index contributed by atoms with van der Waals surface area (Å²) in [5.41, 5.74) is 3.24. The summed E-state index contributed by atoms with van der Waals surface area (Å²) in [6.45, 7) is 25.3. The molecule has 2 saturated heterocycles. The summed E-state index contributed by atoms with van der Waals surface area (Å²) in [7, 11) is -5.02. The smallest absolute Gasteiger partial charge is 0.349 e. The number of hydrogen-bond donors (Lipinski definition) is 0. The Kier molecular flexibility index (Phi) is 7.54. The maximum absolute atomic E-state index is 7.29. The van der Waals surface area contributed by atoms with Crippen molar-refractivity contribution in [3.05, 3.63) is 55.1 Å². The van der Waals surface area contributed by atoms with Crippen LogP contribution in [-0.2, 0) is 18.0 Å². The van der Waals surface area contributed by atoms with Crippen molar-refractivity contribution in [1.82, 2.24) is 19.5 Å². The van der Waals surface area contributed by atoms with Gasteiger partial charge in [0.05, 0.1) is 12.9 Å². The van der Waals surface area contributed by atoms with Gasteiger partial charge in [-0.3, -0.25) is 4.57 Å². The minimum Gasteiger partial charge on any atom is -0.407 e. The normalized spacial score (nSPS) is 24.6. The Morgan fingerprint density at radius 3 is 2.23 bits per heavy atom. The molecule has 10 heteroatoms. The SMILES string of the molecule is CC(C)(C)[Si](C)(C)O[C@@H]1[C@H]2O[Si](C(C)(C)C)(C(C)(C)C)OC[C@H]2O[C@H]1n1cnc2c(-c3ccc4ccccc4c3)ncnc21. The lowest BCUT2D eigenvalue weighted by molar-refractivity contribution is -0.0795. The van der Waals surface area contributed by atoms with Crippen LogP contribution in [0.1, 0.15) is 68.5 Å². The minimum atomic E-state index is -2.77. The van der Waals surface area contributed by atoms with Crippen molar-refractivity contribution in [3.63, 3.8) is 0 Å². The maximum atomic E-state index is 7.29. The highest BCUT2D eigenvalue weighted by molar-refractivity contribution is 6.74. The van der Waals surface area contributed by atoms with Gasteiger partial charge in [0.15, 0.2) is 20.2 Å². The Morgan fingerprint density at radius 1 is 0.886 bits per heavy atom. The quantitative estimate of drug-likeness (QED) is 0.209. The van der Waals surface area contributed by atoms with E-state index in [2.05, 4.69) is 123 Å². The number of fused-ring (bicyclic) bond motifs is 3. The molecule has 2 aliphatic heterocycles. The van der Waals surface area contributed by atoms with Gasteiger partial charge in [0, 0.05) is 15.6 Å². The van der Waals surface area contributed by atoms with E-state index in [1.54, 1.807) is 6.33 Å². The predicted molar refractivity (Wildman–Crippen MR) is 180 cm³/mol. The molecule has 0 bridgehead atoms. The molecule has 2 fully saturated rings. The number of nitrogens with zero attached hydrogens (tertiary/aromatic N) is 4. The molecule has 0 aliphatic carbocycles. The van der Waals surface area contributed by atoms with Crippen LogP contribution in [0.15, 0.2) is 55.1 Å². The molecule has 236 valence electrons. The molecule has 4 heterocycles. The summed E-state index contributed by atoms with van der Waals surface area (Å²) in [5, 5.41) is 2.04. The van der Waals surface area contributed by atoms with E-state index in [0.29, 0.717) is 12.3 Å². The highest BCUT2D eigenvalue weighted by Gasteiger charge is 2.66. The van der Waals surface area contributed by atoms with E-state index in [9.17, 15) is 0 Å². The molecule has 4 aromatic rings. The Bertz CT molecular complexity index is 1670. The van der Waals surface area contributed by atoms with Gasteiger partial charge in [-0.15, -0.1) is 0 Å². The van der Waals surface area contributed by atoms with E-state index in [-0.39, 0.29) is 33.4 Å². The molecule has 8 nitrogen and oxygen atoms in total. The number of ether oxygens (including phenoxy) is 1. The van der Waals surface area contributed by atoms with Gasteiger partial charge < -0.3 is 18.0 Å². The van der Waals surface area contributed by atoms with Crippen LogP contribution in [0.4, 0.5) is 0 Å². The largest absolute Gasteiger partial charge is 0.407 e. The fourth-order valence-electron chi connectivity index (χ4n) is 6.77. The summed E-state index contributed by atoms with van der Waals surface area (Å²) in [6.07, 6.45) is 2.08. The molecule has 0 amide bonds. The van der Waals surface area contributed by atoms with E-state index >= 15 is 0 Å². The van der Waals surface area contributed by atoms with Crippen LogP contribution >= 0.6 is 0 Å². The first-order chi connectivity index (χ1) is 20.4. The first kappa shape index (κ1) is 31.5. The standard InChI is InChI=1S/C34H48N4O4Si2/c1-32(2,3)43(10,11)41-29-28-25(19-39-44(42-28,33(4,5)6)34(7,8)9)40-31(29)38-21-37-27-26(35-20-36-30(27)38)24-17-16-22-14-12-13-15-23(22)18-24/h12-18,20-21,25,28-29,31H,19H2,1-11H3/t25-,28+,29-,31-/m1/s1. The van der Waals surface area contributed by atoms with Gasteiger partial charge in [0.2, 0.25) is 0 Å². The minimum absolute atomic E-state index is 0.00576. The second kappa shape index (κ2) is 10.5. The second-order valence-corrected chi connectivity index (χ2v) is 25.5. The summed E-state index contributed by atoms with van der Waals surface area (Å²) >= 11 is 0. The Hall–Kier alpha value is -2.48. The van der Waals surface area contributed by atoms with Crippen molar-refractivity contribution in [2.24, 2.45) is 0 Å². The lowest BCUT2D eigenvalue weighted by atomic mass is 10.0. The fraction of sp³-hybridized carbons (Fsp3) is 0.559. The highest BCUT2D eigenvalue weighted by atomic mass is 28.4. The van der Waals surface area contributed by atoms with Crippen LogP contribution in [0.3, 0.4) is 0 Å². The lowest BCUT2D eigenvalue weighted by Crippen LogP contribution is -2.66. The van der Waals surface area contributed by atoms with E-state index < -0.39 is 23.1 Å². The monoisotopic (exact) mass is 632 g/mol. The number of aromatic nitrogens is 4. The summed E-state index contributed by atoms with van der Waals surface area (Å²) in [4.78, 5) is 14.3. The molecule has 44 heavy (non-hydrogen) atoms. The van der Waals surface area contributed by atoms with Crippen molar-refractivity contribution in [2.45, 2.75) is 115 Å². The highest BCUT2D eigenvalue weighted by Crippen LogP contribution is 2.56. The van der Waals surface area contributed by atoms with Crippen LogP contribution in [0.5, 0.6) is 0 Å². The third-order valence-electron chi connectivity index (χ3n) is 9.91. The molecule has 2 aliphatic rings. The van der Waals surface area contributed by atoms with E-state index in [1.807, 2.05) is 10.9 Å². The van der Waals surface area contributed by atoms with E-state index in [1.165, 1.54) is 5.39 Å². The Morgan fingerprint density at radius 2 is 1.57 bits per heavy atom. The van der Waals surface area contributed by atoms with Gasteiger partial charge >= 0.3 is 8.56 Å². The molecular formula is C34H48N4O4Si2. The molecular weight excluding hydrogens is 585 g/mol. The zero-order valence-electron chi connectivity index (χ0n) is 28.1. The predicted octanol–water partition coefficient (Wildman–Crippen LogP) is 8.39. The van der Waals surface area contributed by atoms with Gasteiger partial charge in [-0.05, 0) is 35.0 Å². The zero-order chi connectivity index (χ0) is 31.9. The molecule has 0 spiro atoms. The van der Waals surface area contributed by atoms with E-state index in [4.69, 9.17) is 28.0 Å². The van der Waals surface area contributed by atoms with Crippen LogP contribution in [0, 0.1) is 0 Å². The summed E-state index contributed by atoms with van der Waals surface area (Å²) in [5.74, 6) is 0. The molecule has 4 atom stereocenters. The van der Waals surface area contributed by atoms with Crippen molar-refractivity contribution in [1.29, 1.82) is 0 Å². The van der Waals surface area contributed by atoms with Crippen LogP contribution in [0.2, 0.25) is 28.2 Å². The third kappa shape index (κ3) is 5.07. The average molecular weight is 633 g/mol. The number of hydrogen-bond acceptors (Lipinski definition) is 7. The number of rotatable bonds is 4. The second-order valence-electron chi connectivity index (χ2n) is 16.0. The van der Waals surface area contributed by atoms with Crippen molar-refractivity contribution < 1.29 is 18.0 Å². The van der Waals surface area contributed by atoms with Gasteiger partial charge in [0.1, 0.15) is 35.8 Å². The third-order valence-corrected chi connectivity index (χ3v) is 19.5. The van der Waals surface area contributed by atoms with Gasteiger partial charge in [-0.1, -0.05) is 98.7 Å². The van der Waals surface area contributed by atoms with Crippen molar-refractivity contribution >= 4 is 38.8 Å². The Labute approximate surface area is 263 Å². The molecule has 2 aromatic heterocycles. The summed E-state index contributed by atoms with van der Waals surface area (Å²) in [6, 6.07) is 14.7. The van der Waals surface area contributed by atoms with Crippen LogP contribution in [-0.4, -0.2) is 61.3 Å². The van der Waals surface area contributed by atoms with Crippen LogP contribution in [0.25, 0.3) is 33.2 Å². The zero-order valence-corrected chi connectivity index (χ0v) is 30.1. The van der Waals surface area contributed by atoms with E-state index in [0.717, 1.165) is 22.2 Å². The number of benzene rings is 2. The Balaban J connectivity index is 1.44. The molecule has 0 N–H and O–H groups in total. The average Bonchev–Trinajstić information content (AvgIpc) is 3.51. The van der Waals surface area contributed by atoms with Gasteiger partial charge in [-0.2, -0.15) is 0 Å². The first-order valence-corrected chi connectivity index (χ1v) is 20.5. The summed E-state index contributed by atoms with van der Waals surface area (Å²) < 4.78 is 30.2. The number of imidazole rings is 1. The molecule has 6 rings (SSSR count). The topological polar surface area (TPSA) is 80.5 Å². The maximum Gasteiger partial charge on any atom is 0.349 e. The first-order valence-electron chi connectivity index (χ1n) is 15.8. The fourth-order valence-corrected chi connectivity index (χ4v) is 13.0. The van der Waals surface area contributed by atoms with Gasteiger partial charge in [0.25, 0.3) is 0 Å². The molecule has 2 aromatic carbocycles. The van der Waals surface area contributed by atoms with Gasteiger partial charge in [-0.25, -0.2) is 15.0 Å². The molecule has 0 unspecified atom stereocenters. The molecule has 0 radical (unpaired) electrons.